The van der Waals surface area contributed by atoms with Crippen LogP contribution in [0.4, 0.5) is 0 Å². The van der Waals surface area contributed by atoms with Crippen LogP contribution in [0.1, 0.15) is 6.92 Å². The third-order valence-corrected chi connectivity index (χ3v) is 6.51. The maximum absolute atomic E-state index is 11.9. The zero-order valence-corrected chi connectivity index (χ0v) is 13.8. The fourth-order valence-electron chi connectivity index (χ4n) is 1.30. The van der Waals surface area contributed by atoms with Gasteiger partial charge in [0.15, 0.2) is 0 Å². The highest BCUT2D eigenvalue weighted by atomic mass is 35.7. The minimum Gasteiger partial charge on any atom is -0.260 e. The van der Waals surface area contributed by atoms with Crippen molar-refractivity contribution in [3.63, 3.8) is 0 Å². The van der Waals surface area contributed by atoms with E-state index in [0.29, 0.717) is 5.75 Å². The molecule has 0 spiro atoms. The molecule has 0 heterocycles. The van der Waals surface area contributed by atoms with Crippen LogP contribution >= 0.6 is 10.7 Å². The highest BCUT2D eigenvalue weighted by Gasteiger charge is 2.16. The Morgan fingerprint density at radius 3 is 2.05 bits per heavy atom. The van der Waals surface area contributed by atoms with E-state index in [-0.39, 0.29) is 22.1 Å². The third kappa shape index (κ3) is 5.13. The Bertz CT molecular complexity index is 682. The molecule has 0 aliphatic carbocycles. The fourth-order valence-corrected chi connectivity index (χ4v) is 3.85. The van der Waals surface area contributed by atoms with Gasteiger partial charge in [-0.2, -0.15) is 0 Å². The summed E-state index contributed by atoms with van der Waals surface area (Å²) in [7, 11) is -3.55. The zero-order valence-electron chi connectivity index (χ0n) is 10.6. The Kier molecular flexibility index (Phi) is 6.14. The highest BCUT2D eigenvalue weighted by Crippen LogP contribution is 2.17. The second-order valence-electron chi connectivity index (χ2n) is 3.74. The van der Waals surface area contributed by atoms with Crippen molar-refractivity contribution in [3.05, 3.63) is 24.3 Å². The molecule has 1 rings (SSSR count). The summed E-state index contributed by atoms with van der Waals surface area (Å²) in [4.78, 5) is -0.256. The van der Waals surface area contributed by atoms with E-state index in [1.165, 1.54) is 0 Å². The molecule has 0 saturated heterocycles. The number of nitrogens with one attached hydrogen (secondary N) is 1. The molecule has 1 aromatic carbocycles. The van der Waals surface area contributed by atoms with E-state index in [9.17, 15) is 21.0 Å². The second kappa shape index (κ2) is 6.99. The van der Waals surface area contributed by atoms with E-state index >= 15 is 0 Å². The van der Waals surface area contributed by atoms with Gasteiger partial charge in [-0.3, -0.25) is 4.21 Å². The molecule has 0 radical (unpaired) electrons. The van der Waals surface area contributed by atoms with Gasteiger partial charge in [0.25, 0.3) is 9.05 Å². The summed E-state index contributed by atoms with van der Waals surface area (Å²) in [6.45, 7) is 1.80. The van der Waals surface area contributed by atoms with Crippen LogP contribution in [0.3, 0.4) is 0 Å². The summed E-state index contributed by atoms with van der Waals surface area (Å²) >= 11 is 0. The zero-order chi connectivity index (χ0) is 15.4. The van der Waals surface area contributed by atoms with E-state index in [4.69, 9.17) is 10.7 Å². The van der Waals surface area contributed by atoms with Crippen LogP contribution in [0.5, 0.6) is 0 Å². The van der Waals surface area contributed by atoms with Crippen molar-refractivity contribution in [2.45, 2.75) is 16.7 Å². The van der Waals surface area contributed by atoms with Crippen molar-refractivity contribution in [2.24, 2.45) is 0 Å². The Balaban J connectivity index is 2.81. The molecule has 1 aromatic rings. The summed E-state index contributed by atoms with van der Waals surface area (Å²) in [5.74, 6) is 0.688. The Morgan fingerprint density at radius 1 is 1.10 bits per heavy atom. The van der Waals surface area contributed by atoms with Crippen molar-refractivity contribution in [1.29, 1.82) is 0 Å². The molecule has 0 aromatic heterocycles. The normalized spacial score (nSPS) is 14.1. The number of rotatable bonds is 7. The molecule has 114 valence electrons. The molecular weight excluding hydrogens is 346 g/mol. The van der Waals surface area contributed by atoms with Crippen LogP contribution in [-0.4, -0.2) is 39.1 Å². The number of hydrogen-bond donors (Lipinski definition) is 1. The molecule has 0 bridgehead atoms. The van der Waals surface area contributed by atoms with Crippen molar-refractivity contribution in [2.75, 3.05) is 18.1 Å². The van der Waals surface area contributed by atoms with Crippen molar-refractivity contribution in [3.8, 4) is 0 Å². The molecule has 10 heteroatoms. The summed E-state index contributed by atoms with van der Waals surface area (Å²) in [5.41, 5.74) is 0. The van der Waals surface area contributed by atoms with Crippen molar-refractivity contribution in [1.82, 2.24) is 4.72 Å². The minimum atomic E-state index is -3.88. The van der Waals surface area contributed by atoms with Crippen LogP contribution in [0, 0.1) is 0 Å². The number of halogens is 1. The van der Waals surface area contributed by atoms with E-state index < -0.39 is 29.9 Å². The van der Waals surface area contributed by atoms with Gasteiger partial charge in [0.1, 0.15) is 0 Å². The molecule has 0 aliphatic rings. The first-order valence-electron chi connectivity index (χ1n) is 5.56. The minimum absolute atomic E-state index is 0.0539. The topological polar surface area (TPSA) is 97.4 Å². The molecule has 0 saturated carbocycles. The van der Waals surface area contributed by atoms with Gasteiger partial charge in [-0.15, -0.1) is 0 Å². The molecule has 0 amide bonds. The van der Waals surface area contributed by atoms with Crippen LogP contribution in [-0.2, 0) is 29.9 Å². The summed E-state index contributed by atoms with van der Waals surface area (Å²) in [6.07, 6.45) is 0. The lowest BCUT2D eigenvalue weighted by atomic mass is 10.4. The average molecular weight is 360 g/mol. The van der Waals surface area contributed by atoms with Crippen molar-refractivity contribution >= 4 is 40.6 Å². The van der Waals surface area contributed by atoms with Gasteiger partial charge in [-0.1, -0.05) is 6.92 Å². The summed E-state index contributed by atoms with van der Waals surface area (Å²) in [6, 6.07) is 4.52. The first kappa shape index (κ1) is 17.6. The van der Waals surface area contributed by atoms with E-state index in [1.54, 1.807) is 6.92 Å². The van der Waals surface area contributed by atoms with Crippen molar-refractivity contribution < 1.29 is 21.0 Å². The molecular formula is C10H14ClNO5S3. The maximum atomic E-state index is 11.9. The molecule has 0 aliphatic heterocycles. The molecule has 1 unspecified atom stereocenters. The highest BCUT2D eigenvalue weighted by molar-refractivity contribution is 8.13. The van der Waals surface area contributed by atoms with Gasteiger partial charge in [0.05, 0.1) is 9.79 Å². The quantitative estimate of drug-likeness (QED) is 0.721. The Labute approximate surface area is 125 Å². The standard InChI is InChI=1S/C10H14ClNO5S3/c1-2-18(13)8-7-12-20(16,17)10-5-3-9(4-6-10)19(11,14)15/h3-6,12H,2,7-8H2,1H3. The summed E-state index contributed by atoms with van der Waals surface area (Å²) in [5, 5.41) is 0. The van der Waals surface area contributed by atoms with Crippen LogP contribution in [0.25, 0.3) is 0 Å². The monoisotopic (exact) mass is 359 g/mol. The van der Waals surface area contributed by atoms with Gasteiger partial charge >= 0.3 is 0 Å². The molecule has 1 N–H and O–H groups in total. The van der Waals surface area contributed by atoms with E-state index in [2.05, 4.69) is 4.72 Å². The fraction of sp³-hybridized carbons (Fsp3) is 0.400. The lowest BCUT2D eigenvalue weighted by molar-refractivity contribution is 0.583. The largest absolute Gasteiger partial charge is 0.261 e. The first-order valence-corrected chi connectivity index (χ1v) is 10.8. The number of hydrogen-bond acceptors (Lipinski definition) is 5. The van der Waals surface area contributed by atoms with Gasteiger partial charge in [0.2, 0.25) is 10.0 Å². The predicted molar refractivity (Wildman–Crippen MR) is 78.2 cm³/mol. The molecule has 6 nitrogen and oxygen atoms in total. The van der Waals surface area contributed by atoms with E-state index in [0.717, 1.165) is 24.3 Å². The maximum Gasteiger partial charge on any atom is 0.261 e. The SMILES string of the molecule is CCS(=O)CCNS(=O)(=O)c1ccc(S(=O)(=O)Cl)cc1. The van der Waals surface area contributed by atoms with Crippen LogP contribution in [0.15, 0.2) is 34.1 Å². The Morgan fingerprint density at radius 2 is 1.60 bits per heavy atom. The third-order valence-electron chi connectivity index (χ3n) is 2.36. The number of sulfonamides is 1. The van der Waals surface area contributed by atoms with Gasteiger partial charge in [0, 0.05) is 39.5 Å². The first-order chi connectivity index (χ1) is 9.16. The molecule has 20 heavy (non-hydrogen) atoms. The lowest BCUT2D eigenvalue weighted by Gasteiger charge is -2.06. The van der Waals surface area contributed by atoms with Gasteiger partial charge in [-0.25, -0.2) is 21.6 Å². The van der Waals surface area contributed by atoms with Crippen LogP contribution < -0.4 is 4.72 Å². The van der Waals surface area contributed by atoms with Gasteiger partial charge < -0.3 is 0 Å². The molecule has 0 fully saturated rings. The van der Waals surface area contributed by atoms with Gasteiger partial charge in [-0.05, 0) is 24.3 Å². The molecule has 1 atom stereocenters. The second-order valence-corrected chi connectivity index (χ2v) is 9.94. The number of benzene rings is 1. The Hall–Kier alpha value is -0.480. The smallest absolute Gasteiger partial charge is 0.260 e. The lowest BCUT2D eigenvalue weighted by Crippen LogP contribution is -2.28. The van der Waals surface area contributed by atoms with E-state index in [1.807, 2.05) is 0 Å². The van der Waals surface area contributed by atoms with Crippen LogP contribution in [0.2, 0.25) is 0 Å². The predicted octanol–water partition coefficient (Wildman–Crippen LogP) is 0.661. The summed E-state index contributed by atoms with van der Waals surface area (Å²) < 4.78 is 59.3. The average Bonchev–Trinajstić information content (AvgIpc) is 2.37.